The van der Waals surface area contributed by atoms with Crippen LogP contribution in [0.25, 0.3) is 0 Å². The van der Waals surface area contributed by atoms with Gasteiger partial charge in [-0.05, 0) is 56.1 Å². The lowest BCUT2D eigenvalue weighted by Gasteiger charge is -2.14. The molecule has 1 aromatic carbocycles. The normalized spacial score (nSPS) is 11.7. The first kappa shape index (κ1) is 14.0. The monoisotopic (exact) mass is 383 g/mol. The van der Waals surface area contributed by atoms with Crippen molar-refractivity contribution in [1.29, 1.82) is 5.26 Å². The van der Waals surface area contributed by atoms with Crippen molar-refractivity contribution in [3.8, 4) is 6.07 Å². The van der Waals surface area contributed by atoms with Gasteiger partial charge in [-0.2, -0.15) is 5.26 Å². The lowest BCUT2D eigenvalue weighted by molar-refractivity contribution is 0.628. The lowest BCUT2D eigenvalue weighted by atomic mass is 10.2. The molecule has 3 nitrogen and oxygen atoms in total. The molecule has 0 bridgehead atoms. The molecule has 1 heterocycles. The maximum Gasteiger partial charge on any atom is 0.158 e. The molecule has 0 fully saturated rings. The second-order valence-electron chi connectivity index (χ2n) is 3.74. The highest BCUT2D eigenvalue weighted by Crippen LogP contribution is 2.26. The molecule has 0 saturated heterocycles. The average molecular weight is 385 g/mol. The second kappa shape index (κ2) is 6.13. The topological polar surface area (TPSA) is 48.7 Å². The summed E-state index contributed by atoms with van der Waals surface area (Å²) in [7, 11) is 0. The van der Waals surface area contributed by atoms with Crippen LogP contribution < -0.4 is 5.32 Å². The fraction of sp³-hybridized carbons (Fsp3) is 0.0769. The van der Waals surface area contributed by atoms with Gasteiger partial charge in [0.25, 0.3) is 0 Å². The Labute approximate surface area is 126 Å². The molecule has 1 atom stereocenters. The minimum atomic E-state index is -0.663. The van der Waals surface area contributed by atoms with Crippen LogP contribution in [-0.4, -0.2) is 4.98 Å². The Balaban J connectivity index is 2.28. The molecule has 1 unspecified atom stereocenters. The van der Waals surface area contributed by atoms with E-state index in [2.05, 4.69) is 48.2 Å². The van der Waals surface area contributed by atoms with Crippen molar-refractivity contribution in [2.45, 2.75) is 6.04 Å². The minimum absolute atomic E-state index is 0.357. The number of hydrogen-bond acceptors (Lipinski definition) is 3. The van der Waals surface area contributed by atoms with Crippen molar-refractivity contribution in [3.05, 3.63) is 57.0 Å². The number of rotatable bonds is 3. The molecule has 2 rings (SSSR count). The SMILES string of the molecule is N#CC(Nc1cccc(F)c1)c1ncc(Br)cc1Br. The molecule has 0 aliphatic heterocycles. The van der Waals surface area contributed by atoms with Gasteiger partial charge in [-0.1, -0.05) is 6.07 Å². The number of pyridine rings is 1. The Bertz CT molecular complexity index is 640. The van der Waals surface area contributed by atoms with Gasteiger partial charge in [0.2, 0.25) is 0 Å². The molecule has 0 aliphatic rings. The summed E-state index contributed by atoms with van der Waals surface area (Å²) >= 11 is 6.66. The Kier molecular flexibility index (Phi) is 4.51. The summed E-state index contributed by atoms with van der Waals surface area (Å²) in [6.07, 6.45) is 1.61. The third-order valence-corrected chi connectivity index (χ3v) is 3.44. The highest BCUT2D eigenvalue weighted by atomic mass is 79.9. The molecule has 0 radical (unpaired) electrons. The van der Waals surface area contributed by atoms with Gasteiger partial charge in [0.1, 0.15) is 5.82 Å². The first-order chi connectivity index (χ1) is 9.10. The van der Waals surface area contributed by atoms with E-state index in [1.54, 1.807) is 24.4 Å². The van der Waals surface area contributed by atoms with E-state index in [4.69, 9.17) is 0 Å². The number of halogens is 3. The van der Waals surface area contributed by atoms with Crippen LogP contribution in [0.15, 0.2) is 45.5 Å². The molecule has 1 N–H and O–H groups in total. The van der Waals surface area contributed by atoms with Gasteiger partial charge in [0.05, 0.1) is 11.8 Å². The summed E-state index contributed by atoms with van der Waals surface area (Å²) < 4.78 is 14.6. The van der Waals surface area contributed by atoms with Crippen molar-refractivity contribution >= 4 is 37.5 Å². The number of benzene rings is 1. The number of aromatic nitrogens is 1. The molecule has 0 saturated carbocycles. The van der Waals surface area contributed by atoms with Crippen LogP contribution in [0, 0.1) is 17.1 Å². The lowest BCUT2D eigenvalue weighted by Crippen LogP contribution is -2.11. The zero-order valence-corrected chi connectivity index (χ0v) is 12.7. The predicted molar refractivity (Wildman–Crippen MR) is 78.0 cm³/mol. The molecule has 2 aromatic rings. The largest absolute Gasteiger partial charge is 0.365 e. The number of nitriles is 1. The third-order valence-electron chi connectivity index (χ3n) is 2.37. The van der Waals surface area contributed by atoms with E-state index in [0.717, 1.165) is 4.47 Å². The van der Waals surface area contributed by atoms with Gasteiger partial charge >= 0.3 is 0 Å². The van der Waals surface area contributed by atoms with Gasteiger partial charge in [-0.3, -0.25) is 4.98 Å². The van der Waals surface area contributed by atoms with Crippen molar-refractivity contribution in [2.24, 2.45) is 0 Å². The van der Waals surface area contributed by atoms with Crippen molar-refractivity contribution in [1.82, 2.24) is 4.98 Å². The van der Waals surface area contributed by atoms with Gasteiger partial charge < -0.3 is 5.32 Å². The van der Waals surface area contributed by atoms with Crippen LogP contribution in [0.5, 0.6) is 0 Å². The standard InChI is InChI=1S/C13H8Br2FN3/c14-8-4-11(15)13(18-7-8)12(6-17)19-10-3-1-2-9(16)5-10/h1-5,7,12,19H. The van der Waals surface area contributed by atoms with E-state index in [1.165, 1.54) is 12.1 Å². The fourth-order valence-corrected chi connectivity index (χ4v) is 2.76. The number of nitrogens with zero attached hydrogens (tertiary/aromatic N) is 2. The molecular formula is C13H8Br2FN3. The first-order valence-electron chi connectivity index (χ1n) is 5.33. The summed E-state index contributed by atoms with van der Waals surface area (Å²) in [5, 5.41) is 12.2. The average Bonchev–Trinajstić information content (AvgIpc) is 2.37. The van der Waals surface area contributed by atoms with Crippen molar-refractivity contribution < 1.29 is 4.39 Å². The molecule has 6 heteroatoms. The number of nitrogens with one attached hydrogen (secondary N) is 1. The van der Waals surface area contributed by atoms with Crippen LogP contribution in [-0.2, 0) is 0 Å². The molecule has 0 spiro atoms. The summed E-state index contributed by atoms with van der Waals surface area (Å²) in [5.41, 5.74) is 1.08. The Morgan fingerprint density at radius 1 is 1.32 bits per heavy atom. The van der Waals surface area contributed by atoms with Crippen molar-refractivity contribution in [3.63, 3.8) is 0 Å². The van der Waals surface area contributed by atoms with E-state index in [1.807, 2.05) is 0 Å². The third kappa shape index (κ3) is 3.52. The van der Waals surface area contributed by atoms with Crippen LogP contribution in [0.4, 0.5) is 10.1 Å². The highest BCUT2D eigenvalue weighted by Gasteiger charge is 2.15. The molecule has 0 amide bonds. The maximum absolute atomic E-state index is 13.1. The molecule has 96 valence electrons. The van der Waals surface area contributed by atoms with Crippen molar-refractivity contribution in [2.75, 3.05) is 5.32 Å². The smallest absolute Gasteiger partial charge is 0.158 e. The first-order valence-corrected chi connectivity index (χ1v) is 6.91. The number of hydrogen-bond donors (Lipinski definition) is 1. The minimum Gasteiger partial charge on any atom is -0.365 e. The Morgan fingerprint density at radius 2 is 2.11 bits per heavy atom. The molecule has 19 heavy (non-hydrogen) atoms. The zero-order chi connectivity index (χ0) is 13.8. The molecule has 0 aliphatic carbocycles. The Morgan fingerprint density at radius 3 is 2.74 bits per heavy atom. The van der Waals surface area contributed by atoms with E-state index >= 15 is 0 Å². The van der Waals surface area contributed by atoms with Crippen LogP contribution >= 0.6 is 31.9 Å². The summed E-state index contributed by atoms with van der Waals surface area (Å²) in [4.78, 5) is 4.20. The molecular weight excluding hydrogens is 377 g/mol. The predicted octanol–water partition coefficient (Wildman–Crippen LogP) is 4.42. The van der Waals surface area contributed by atoms with Crippen LogP contribution in [0.1, 0.15) is 11.7 Å². The van der Waals surface area contributed by atoms with E-state index in [9.17, 15) is 9.65 Å². The van der Waals surface area contributed by atoms with E-state index in [0.29, 0.717) is 15.9 Å². The summed E-state index contributed by atoms with van der Waals surface area (Å²) in [5.74, 6) is -0.357. The number of anilines is 1. The van der Waals surface area contributed by atoms with Crippen LogP contribution in [0.2, 0.25) is 0 Å². The molecule has 1 aromatic heterocycles. The highest BCUT2D eigenvalue weighted by molar-refractivity contribution is 9.11. The zero-order valence-electron chi connectivity index (χ0n) is 9.57. The van der Waals surface area contributed by atoms with E-state index in [-0.39, 0.29) is 5.82 Å². The summed E-state index contributed by atoms with van der Waals surface area (Å²) in [6.45, 7) is 0. The van der Waals surface area contributed by atoms with E-state index < -0.39 is 6.04 Å². The fourth-order valence-electron chi connectivity index (χ4n) is 1.54. The van der Waals surface area contributed by atoms with Gasteiger partial charge in [0, 0.05) is 20.8 Å². The van der Waals surface area contributed by atoms with Gasteiger partial charge in [-0.15, -0.1) is 0 Å². The summed E-state index contributed by atoms with van der Waals surface area (Å²) in [6, 6.07) is 9.20. The van der Waals surface area contributed by atoms with Crippen LogP contribution in [0.3, 0.4) is 0 Å². The van der Waals surface area contributed by atoms with Gasteiger partial charge in [-0.25, -0.2) is 4.39 Å². The maximum atomic E-state index is 13.1. The quantitative estimate of drug-likeness (QED) is 0.851. The van der Waals surface area contributed by atoms with Gasteiger partial charge in [0.15, 0.2) is 6.04 Å². The Hall–Kier alpha value is -1.45. The second-order valence-corrected chi connectivity index (χ2v) is 5.51.